The topological polar surface area (TPSA) is 621 Å². The molecule has 0 spiro atoms. The third-order valence-corrected chi connectivity index (χ3v) is 24.6. The molecule has 722 valence electrons. The molecule has 22 N–H and O–H groups in total. The number of aliphatic hydroxyl groups is 1. The number of aryl methyl sites for hydroxylation is 1. The number of aromatic amines is 3. The number of hydrogen-bond donors (Lipinski definition) is 19. The molecule has 2 aliphatic rings. The molecular formula is C90H128N24O18S. The fourth-order valence-corrected chi connectivity index (χ4v) is 16.9. The molecule has 0 bridgehead atoms. The molecule has 2 fully saturated rings. The van der Waals surface area contributed by atoms with Crippen LogP contribution in [0, 0.1) is 18.3 Å². The van der Waals surface area contributed by atoms with Gasteiger partial charge in [0, 0.05) is 119 Å². The van der Waals surface area contributed by atoms with Crippen LogP contribution in [0.15, 0.2) is 97.7 Å². The summed E-state index contributed by atoms with van der Waals surface area (Å²) in [6.07, 6.45) is 6.01. The number of guanidine groups is 1. The lowest BCUT2D eigenvalue weighted by atomic mass is 10.00. The summed E-state index contributed by atoms with van der Waals surface area (Å²) in [7, 11) is 5.26. The van der Waals surface area contributed by atoms with Gasteiger partial charge >= 0.3 is 0 Å². The number of thioether (sulfide) groups is 1. The quantitative estimate of drug-likeness (QED) is 0.0161. The number of nitrogens with two attached hydrogens (primary N) is 3. The number of para-hydroxylation sites is 2. The van der Waals surface area contributed by atoms with Crippen molar-refractivity contribution in [3.05, 3.63) is 126 Å². The van der Waals surface area contributed by atoms with Gasteiger partial charge in [-0.2, -0.15) is 0 Å². The Morgan fingerprint density at radius 3 is 1.68 bits per heavy atom. The molecular weight excluding hydrogens is 1740 g/mol. The van der Waals surface area contributed by atoms with Crippen molar-refractivity contribution in [1.29, 1.82) is 5.41 Å². The van der Waals surface area contributed by atoms with Crippen LogP contribution in [-0.4, -0.2) is 307 Å². The first-order valence-corrected chi connectivity index (χ1v) is 45.8. The smallest absolute Gasteiger partial charge is 0.246 e. The zero-order chi connectivity index (χ0) is 97.4. The number of nitrogens with zero attached hydrogens (tertiary/aromatic N) is 6. The summed E-state index contributed by atoms with van der Waals surface area (Å²) in [5.74, 6) is -17.1. The Hall–Kier alpha value is -13.5. The summed E-state index contributed by atoms with van der Waals surface area (Å²) in [4.78, 5) is 268. The molecule has 2 saturated heterocycles. The second-order valence-electron chi connectivity index (χ2n) is 34.1. The van der Waals surface area contributed by atoms with E-state index < -0.39 is 223 Å². The summed E-state index contributed by atoms with van der Waals surface area (Å²) >= 11 is 0.798. The Balaban J connectivity index is 1.19. The van der Waals surface area contributed by atoms with Crippen LogP contribution in [0.2, 0.25) is 0 Å². The number of likely N-dealkylation sites (N-methyl/N-ethyl adjacent to an activating group) is 4. The summed E-state index contributed by atoms with van der Waals surface area (Å²) in [6, 6.07) is 1.39. The highest BCUT2D eigenvalue weighted by atomic mass is 32.2. The number of amides is 17. The van der Waals surface area contributed by atoms with E-state index in [-0.39, 0.29) is 89.6 Å². The first kappa shape index (κ1) is 105. The van der Waals surface area contributed by atoms with Gasteiger partial charge in [0.25, 0.3) is 0 Å². The third kappa shape index (κ3) is 30.3. The molecule has 5 heterocycles. The lowest BCUT2D eigenvalue weighted by molar-refractivity contribution is -0.149. The predicted molar refractivity (Wildman–Crippen MR) is 494 cm³/mol. The Labute approximate surface area is 775 Å². The molecule has 17 amide bonds. The number of H-pyrrole nitrogens is 3. The number of unbranched alkanes of at least 4 members (excludes halogenated alkanes) is 2. The van der Waals surface area contributed by atoms with Crippen molar-refractivity contribution in [2.45, 2.75) is 223 Å². The molecule has 42 nitrogen and oxygen atoms in total. The highest BCUT2D eigenvalue weighted by Crippen LogP contribution is 2.26. The number of rotatable bonds is 26. The maximum atomic E-state index is 15.7. The van der Waals surface area contributed by atoms with E-state index in [1.807, 2.05) is 13.8 Å². The maximum Gasteiger partial charge on any atom is 0.246 e. The van der Waals surface area contributed by atoms with Crippen LogP contribution in [0.3, 0.4) is 0 Å². The molecule has 0 saturated carbocycles. The third-order valence-electron chi connectivity index (χ3n) is 23.5. The van der Waals surface area contributed by atoms with E-state index in [0.717, 1.165) is 36.3 Å². The second kappa shape index (κ2) is 50.8. The van der Waals surface area contributed by atoms with Crippen LogP contribution < -0.4 is 75.7 Å². The van der Waals surface area contributed by atoms with Gasteiger partial charge in [0.1, 0.15) is 78.5 Å². The monoisotopic (exact) mass is 1860 g/mol. The highest BCUT2D eigenvalue weighted by Gasteiger charge is 2.44. The molecule has 0 unspecified atom stereocenters. The van der Waals surface area contributed by atoms with E-state index >= 15 is 24.0 Å². The van der Waals surface area contributed by atoms with Gasteiger partial charge in [-0.1, -0.05) is 114 Å². The molecule has 13 atom stereocenters. The van der Waals surface area contributed by atoms with E-state index in [4.69, 9.17) is 22.6 Å². The van der Waals surface area contributed by atoms with Gasteiger partial charge in [-0.15, -0.1) is 11.8 Å². The van der Waals surface area contributed by atoms with Gasteiger partial charge in [-0.25, -0.2) is 4.98 Å². The van der Waals surface area contributed by atoms with Crippen LogP contribution in [-0.2, 0) is 107 Å². The highest BCUT2D eigenvalue weighted by molar-refractivity contribution is 8.00. The van der Waals surface area contributed by atoms with Crippen molar-refractivity contribution < 1.29 is 86.6 Å². The van der Waals surface area contributed by atoms with E-state index in [0.29, 0.717) is 75.4 Å². The minimum atomic E-state index is -1.85. The summed E-state index contributed by atoms with van der Waals surface area (Å²) < 4.78 is 0. The van der Waals surface area contributed by atoms with Gasteiger partial charge in [-0.05, 0) is 99.1 Å². The van der Waals surface area contributed by atoms with E-state index in [2.05, 4.69) is 78.4 Å². The lowest BCUT2D eigenvalue weighted by Gasteiger charge is -2.36. The Morgan fingerprint density at radius 1 is 0.541 bits per heavy atom. The Kier molecular flexibility index (Phi) is 40.1. The number of nitrogens with one attached hydrogen (secondary N) is 15. The van der Waals surface area contributed by atoms with E-state index in [1.54, 1.807) is 106 Å². The number of carbonyl (C=O) groups excluding carboxylic acids is 17. The minimum Gasteiger partial charge on any atom is -0.394 e. The van der Waals surface area contributed by atoms with Crippen molar-refractivity contribution in [2.75, 3.05) is 72.5 Å². The number of hydrogen-bond acceptors (Lipinski definition) is 21. The fraction of sp³-hybridized carbons (Fsp3) is 0.522. The Bertz CT molecular complexity index is 5120. The average Bonchev–Trinajstić information content (AvgIpc) is 0.859. The molecule has 0 radical (unpaired) electrons. The fourth-order valence-electron chi connectivity index (χ4n) is 16.0. The molecule has 133 heavy (non-hydrogen) atoms. The summed E-state index contributed by atoms with van der Waals surface area (Å²) in [5.41, 5.74) is 20.8. The zero-order valence-corrected chi connectivity index (χ0v) is 77.6. The van der Waals surface area contributed by atoms with Crippen LogP contribution in [0.4, 0.5) is 0 Å². The lowest BCUT2D eigenvalue weighted by Crippen LogP contribution is -2.61. The Morgan fingerprint density at radius 2 is 1.08 bits per heavy atom. The largest absolute Gasteiger partial charge is 0.394 e. The van der Waals surface area contributed by atoms with Crippen LogP contribution >= 0.6 is 11.8 Å². The number of aromatic nitrogens is 4. The summed E-state index contributed by atoms with van der Waals surface area (Å²) in [5, 5.41) is 49.5. The number of benzene rings is 3. The maximum absolute atomic E-state index is 15.7. The molecule has 43 heteroatoms. The average molecular weight is 1870 g/mol. The minimum absolute atomic E-state index is 0.00102. The van der Waals surface area contributed by atoms with Crippen molar-refractivity contribution in [2.24, 2.45) is 23.1 Å². The van der Waals surface area contributed by atoms with Crippen molar-refractivity contribution in [3.63, 3.8) is 0 Å². The molecule has 2 aliphatic heterocycles. The molecule has 6 aromatic rings. The number of fused-ring (bicyclic) bond motifs is 3. The first-order chi connectivity index (χ1) is 63.3. The number of aliphatic hydroxyl groups excluding tert-OH is 1. The van der Waals surface area contributed by atoms with Crippen LogP contribution in [0.25, 0.3) is 21.8 Å². The first-order valence-electron chi connectivity index (χ1n) is 44.6. The van der Waals surface area contributed by atoms with Crippen LogP contribution in [0.5, 0.6) is 0 Å². The molecule has 0 aliphatic carbocycles. The zero-order valence-electron chi connectivity index (χ0n) is 76.8. The normalized spacial score (nSPS) is 23.4. The van der Waals surface area contributed by atoms with Crippen molar-refractivity contribution in [1.82, 2.24) is 103 Å². The van der Waals surface area contributed by atoms with Gasteiger partial charge in [0.15, 0.2) is 5.96 Å². The standard InChI is InChI=1S/C90H128N24O18S/c1-11-13-30-70-83(126)103-61(29-21-33-96-90(93)94)79(122)109-69(78(121)99-44-74(92)117)47-133-48-76(119)102-65(36-53-24-16-15-23-51(53)5)86(129)111(8)52(6)77(120)105-67(40-73(91)116)88(131)114-34-22-32-71(114)84(127)104-63(39-56-43-95-49-100-56)81(124)106-64(35-50(3)4)85(128)110(7)45-75(118)101-62(37-54-41-97-59-27-19-17-25-57(54)59)80(123)108-68(46-115)82(125)107-66(38-55-42-98-60-28-20-18-26-58(55)60)87(130)113(10)72(31-14-12-2)89(132)112(70)9/h15-20,23-28,41-43,49-50,52,61-72,97-98,115H,11-14,21-22,29-40,44-48H2,1-10H3,(H2,91,116)(H2,92,117)(H,95,100)(H,99,121)(H,101,118)(H,102,119)(H,103,126)(H,104,127)(H,105,120)(H,106,124)(H,107,125)(H,108,123)(H,109,122)(H4,93,94,96)/t52-,61-,62-,63-,64-,65-,66-,67-,68-,69-,70-,71-,72-/m0/s1. The van der Waals surface area contributed by atoms with Gasteiger partial charge in [0.05, 0.1) is 38.2 Å². The molecule has 3 aromatic carbocycles. The van der Waals surface area contributed by atoms with Crippen LogP contribution in [0.1, 0.15) is 140 Å². The van der Waals surface area contributed by atoms with Crippen molar-refractivity contribution in [3.8, 4) is 0 Å². The van der Waals surface area contributed by atoms with Gasteiger partial charge in [-0.3, -0.25) is 86.9 Å². The number of carbonyl (C=O) groups is 17. The predicted octanol–water partition coefficient (Wildman–Crippen LogP) is -1.83. The van der Waals surface area contributed by atoms with E-state index in [9.17, 15) is 62.6 Å². The second-order valence-corrected chi connectivity index (χ2v) is 35.1. The van der Waals surface area contributed by atoms with Gasteiger partial charge in [0.2, 0.25) is 100 Å². The number of primary amides is 2. The van der Waals surface area contributed by atoms with Crippen molar-refractivity contribution >= 4 is 140 Å². The van der Waals surface area contributed by atoms with E-state index in [1.165, 1.54) is 47.6 Å². The summed E-state index contributed by atoms with van der Waals surface area (Å²) in [6.45, 7) is 7.70. The SMILES string of the molecule is CCCC[C@H]1C(=O)N(C)[C@@H](CCCC)C(=O)N[C@@H](CCCNC(=N)N)C(=O)N[C@H](C(=O)NCC(N)=O)CSCC(=O)N[C@@H](Cc2ccccc2C)C(=O)N(C)[C@@H](C)C(=O)N[C@@H](CC(N)=O)C(=O)N2CCC[C@H]2C(=O)N[C@@H](Cc2cnc[nH]2)C(=O)N[C@@H](CC(C)C)C(=O)N(C)CC(=O)N[C@@H](Cc2c[nH]c3ccccc23)C(=O)N[C@@H](CO)C(=O)N[C@@H](Cc2c[nH]c3ccccc23)C(=O)N1C. The molecule has 8 rings (SSSR count). The van der Waals surface area contributed by atoms with Gasteiger partial charge < -0.3 is 120 Å². The molecule has 3 aromatic heterocycles. The number of imidazole rings is 1.